The third-order valence-electron chi connectivity index (χ3n) is 2.45. The smallest absolute Gasteiger partial charge is 0.191 e. The molecule has 5 heteroatoms. The highest BCUT2D eigenvalue weighted by atomic mass is 19.2. The maximum absolute atomic E-state index is 13.4. The molecule has 0 heterocycles. The standard InChI is InChI=1S/C14H21F2N3/c1-4-17-14(19-10(2)3)18-9-8-11-6-5-7-12(15)13(11)16/h5-7,10H,4,8-9H2,1-3H3,(H2,17,18,19). The minimum absolute atomic E-state index is 0.267. The van der Waals surface area contributed by atoms with Gasteiger partial charge in [-0.3, -0.25) is 4.99 Å². The third-order valence-corrected chi connectivity index (χ3v) is 2.45. The Bertz CT molecular complexity index is 431. The molecule has 0 unspecified atom stereocenters. The minimum atomic E-state index is -0.811. The molecule has 0 aliphatic carbocycles. The van der Waals surface area contributed by atoms with Crippen molar-refractivity contribution in [2.24, 2.45) is 4.99 Å². The molecule has 0 amide bonds. The van der Waals surface area contributed by atoms with Gasteiger partial charge < -0.3 is 10.6 Å². The van der Waals surface area contributed by atoms with Crippen LogP contribution in [0.5, 0.6) is 0 Å². The van der Waals surface area contributed by atoms with Gasteiger partial charge >= 0.3 is 0 Å². The second-order valence-corrected chi connectivity index (χ2v) is 4.52. The monoisotopic (exact) mass is 269 g/mol. The molecule has 0 saturated heterocycles. The first-order valence-corrected chi connectivity index (χ1v) is 6.52. The van der Waals surface area contributed by atoms with E-state index in [9.17, 15) is 8.78 Å². The normalized spacial score (nSPS) is 11.8. The van der Waals surface area contributed by atoms with Gasteiger partial charge in [-0.1, -0.05) is 12.1 Å². The second kappa shape index (κ2) is 7.71. The van der Waals surface area contributed by atoms with Crippen LogP contribution < -0.4 is 10.6 Å². The number of guanidine groups is 1. The molecule has 1 aromatic carbocycles. The molecule has 0 aliphatic heterocycles. The summed E-state index contributed by atoms with van der Waals surface area (Å²) in [5, 5.41) is 6.26. The molecular formula is C14H21F2N3. The zero-order chi connectivity index (χ0) is 14.3. The molecule has 0 atom stereocenters. The fourth-order valence-electron chi connectivity index (χ4n) is 1.62. The number of benzene rings is 1. The molecule has 3 nitrogen and oxygen atoms in total. The molecule has 0 aliphatic rings. The van der Waals surface area contributed by atoms with Gasteiger partial charge in [0.25, 0.3) is 0 Å². The number of rotatable bonds is 5. The van der Waals surface area contributed by atoms with Crippen molar-refractivity contribution >= 4 is 5.96 Å². The number of nitrogens with one attached hydrogen (secondary N) is 2. The minimum Gasteiger partial charge on any atom is -0.357 e. The number of aliphatic imine (C=N–C) groups is 1. The van der Waals surface area contributed by atoms with E-state index in [1.54, 1.807) is 6.07 Å². The van der Waals surface area contributed by atoms with Gasteiger partial charge in [0.15, 0.2) is 17.6 Å². The van der Waals surface area contributed by atoms with Gasteiger partial charge in [0.2, 0.25) is 0 Å². The van der Waals surface area contributed by atoms with E-state index in [-0.39, 0.29) is 6.04 Å². The number of hydrogen-bond donors (Lipinski definition) is 2. The summed E-state index contributed by atoms with van der Waals surface area (Å²) in [6.45, 7) is 7.16. The summed E-state index contributed by atoms with van der Waals surface area (Å²) in [4.78, 5) is 4.32. The van der Waals surface area contributed by atoms with Crippen molar-refractivity contribution in [2.75, 3.05) is 13.1 Å². The zero-order valence-electron chi connectivity index (χ0n) is 11.6. The summed E-state index contributed by atoms with van der Waals surface area (Å²) in [6.07, 6.45) is 0.373. The first kappa shape index (κ1) is 15.4. The van der Waals surface area contributed by atoms with Crippen molar-refractivity contribution in [2.45, 2.75) is 33.2 Å². The summed E-state index contributed by atoms with van der Waals surface area (Å²) in [5.41, 5.74) is 0.351. The van der Waals surface area contributed by atoms with Gasteiger partial charge in [-0.15, -0.1) is 0 Å². The average Bonchev–Trinajstić information content (AvgIpc) is 2.34. The van der Waals surface area contributed by atoms with Crippen LogP contribution in [0, 0.1) is 11.6 Å². The lowest BCUT2D eigenvalue weighted by atomic mass is 10.1. The van der Waals surface area contributed by atoms with E-state index >= 15 is 0 Å². The van der Waals surface area contributed by atoms with Crippen LogP contribution in [0.3, 0.4) is 0 Å². The summed E-state index contributed by atoms with van der Waals surface area (Å²) >= 11 is 0. The molecule has 106 valence electrons. The molecule has 0 fully saturated rings. The van der Waals surface area contributed by atoms with Crippen molar-refractivity contribution in [3.63, 3.8) is 0 Å². The second-order valence-electron chi connectivity index (χ2n) is 4.52. The van der Waals surface area contributed by atoms with E-state index in [1.165, 1.54) is 6.07 Å². The van der Waals surface area contributed by atoms with E-state index in [2.05, 4.69) is 15.6 Å². The predicted molar refractivity (Wildman–Crippen MR) is 74.3 cm³/mol. The number of hydrogen-bond acceptors (Lipinski definition) is 1. The van der Waals surface area contributed by atoms with E-state index in [0.717, 1.165) is 12.6 Å². The molecular weight excluding hydrogens is 248 g/mol. The van der Waals surface area contributed by atoms with Gasteiger partial charge in [0.05, 0.1) is 0 Å². The fraction of sp³-hybridized carbons (Fsp3) is 0.500. The fourth-order valence-corrected chi connectivity index (χ4v) is 1.62. The lowest BCUT2D eigenvalue weighted by Gasteiger charge is -2.13. The Morgan fingerprint density at radius 1 is 1.32 bits per heavy atom. The Labute approximate surface area is 113 Å². The molecule has 2 N–H and O–H groups in total. The lowest BCUT2D eigenvalue weighted by Crippen LogP contribution is -2.41. The molecule has 1 rings (SSSR count). The van der Waals surface area contributed by atoms with Gasteiger partial charge in [-0.2, -0.15) is 0 Å². The zero-order valence-corrected chi connectivity index (χ0v) is 11.6. The van der Waals surface area contributed by atoms with Crippen LogP contribution in [-0.2, 0) is 6.42 Å². The van der Waals surface area contributed by atoms with E-state index in [0.29, 0.717) is 24.5 Å². The van der Waals surface area contributed by atoms with Gasteiger partial charge in [0, 0.05) is 19.1 Å². The van der Waals surface area contributed by atoms with E-state index in [4.69, 9.17) is 0 Å². The maximum Gasteiger partial charge on any atom is 0.191 e. The van der Waals surface area contributed by atoms with Crippen LogP contribution in [0.4, 0.5) is 8.78 Å². The van der Waals surface area contributed by atoms with Crippen LogP contribution in [0.25, 0.3) is 0 Å². The topological polar surface area (TPSA) is 36.4 Å². The maximum atomic E-state index is 13.4. The highest BCUT2D eigenvalue weighted by molar-refractivity contribution is 5.79. The average molecular weight is 269 g/mol. The SMILES string of the molecule is CCNC(=NCCc1cccc(F)c1F)NC(C)C. The summed E-state index contributed by atoms with van der Waals surface area (Å²) in [5.74, 6) is -0.900. The van der Waals surface area contributed by atoms with E-state index in [1.807, 2.05) is 20.8 Å². The first-order chi connectivity index (χ1) is 9.04. The Morgan fingerprint density at radius 2 is 2.05 bits per heavy atom. The highest BCUT2D eigenvalue weighted by Crippen LogP contribution is 2.11. The van der Waals surface area contributed by atoms with E-state index < -0.39 is 11.6 Å². The molecule has 0 spiro atoms. The molecule has 1 aromatic rings. The van der Waals surface area contributed by atoms with Crippen molar-refractivity contribution in [3.05, 3.63) is 35.4 Å². The highest BCUT2D eigenvalue weighted by Gasteiger charge is 2.07. The third kappa shape index (κ3) is 5.24. The molecule has 0 radical (unpaired) electrons. The number of halogens is 2. The van der Waals surface area contributed by atoms with Crippen LogP contribution in [0.2, 0.25) is 0 Å². The Kier molecular flexibility index (Phi) is 6.25. The summed E-state index contributed by atoms with van der Waals surface area (Å²) in [7, 11) is 0. The van der Waals surface area contributed by atoms with Crippen LogP contribution in [0.15, 0.2) is 23.2 Å². The molecule has 0 aromatic heterocycles. The summed E-state index contributed by atoms with van der Waals surface area (Å²) < 4.78 is 26.5. The van der Waals surface area contributed by atoms with Gasteiger partial charge in [0.1, 0.15) is 0 Å². The van der Waals surface area contributed by atoms with Gasteiger partial charge in [-0.05, 0) is 38.8 Å². The summed E-state index contributed by atoms with van der Waals surface area (Å²) in [6, 6.07) is 4.47. The Balaban J connectivity index is 2.61. The molecule has 19 heavy (non-hydrogen) atoms. The Morgan fingerprint density at radius 3 is 2.68 bits per heavy atom. The lowest BCUT2D eigenvalue weighted by molar-refractivity contribution is 0.499. The quantitative estimate of drug-likeness (QED) is 0.636. The van der Waals surface area contributed by atoms with Crippen molar-refractivity contribution in [1.82, 2.24) is 10.6 Å². The first-order valence-electron chi connectivity index (χ1n) is 6.52. The largest absolute Gasteiger partial charge is 0.357 e. The molecule has 0 bridgehead atoms. The van der Waals surface area contributed by atoms with Crippen LogP contribution >= 0.6 is 0 Å². The van der Waals surface area contributed by atoms with Crippen molar-refractivity contribution in [1.29, 1.82) is 0 Å². The van der Waals surface area contributed by atoms with Crippen molar-refractivity contribution < 1.29 is 8.78 Å². The van der Waals surface area contributed by atoms with Crippen molar-refractivity contribution in [3.8, 4) is 0 Å². The predicted octanol–water partition coefficient (Wildman–Crippen LogP) is 2.47. The van der Waals surface area contributed by atoms with Crippen LogP contribution in [-0.4, -0.2) is 25.1 Å². The number of nitrogens with zero attached hydrogens (tertiary/aromatic N) is 1. The van der Waals surface area contributed by atoms with Crippen LogP contribution in [0.1, 0.15) is 26.3 Å². The van der Waals surface area contributed by atoms with Gasteiger partial charge in [-0.25, -0.2) is 8.78 Å². The Hall–Kier alpha value is -1.65. The molecule has 0 saturated carbocycles.